The standard InChI is InChI=1S/C9H10BrClN2OS/c1-5-7(10)8(11)13-9(12-5)6-4-15-3-2-14-6/h6H,2-4H2,1H3. The van der Waals surface area contributed by atoms with Crippen LogP contribution in [0.5, 0.6) is 0 Å². The van der Waals surface area contributed by atoms with E-state index in [9.17, 15) is 0 Å². The normalized spacial score (nSPS) is 21.7. The van der Waals surface area contributed by atoms with Crippen molar-refractivity contribution in [2.45, 2.75) is 13.0 Å². The maximum Gasteiger partial charge on any atom is 0.160 e. The summed E-state index contributed by atoms with van der Waals surface area (Å²) in [5.41, 5.74) is 0.851. The molecule has 1 aliphatic heterocycles. The van der Waals surface area contributed by atoms with Crippen molar-refractivity contribution < 1.29 is 4.74 Å². The fraction of sp³-hybridized carbons (Fsp3) is 0.556. The molecule has 0 amide bonds. The van der Waals surface area contributed by atoms with E-state index in [1.54, 1.807) is 0 Å². The van der Waals surface area contributed by atoms with E-state index in [-0.39, 0.29) is 6.10 Å². The molecule has 1 atom stereocenters. The molecule has 1 aliphatic rings. The Morgan fingerprint density at radius 2 is 2.33 bits per heavy atom. The molecule has 0 radical (unpaired) electrons. The summed E-state index contributed by atoms with van der Waals surface area (Å²) in [7, 11) is 0. The van der Waals surface area contributed by atoms with Gasteiger partial charge in [0.25, 0.3) is 0 Å². The summed E-state index contributed by atoms with van der Waals surface area (Å²) in [4.78, 5) is 8.60. The lowest BCUT2D eigenvalue weighted by molar-refractivity contribution is 0.0693. The summed E-state index contributed by atoms with van der Waals surface area (Å²) in [6.07, 6.45) is -0.0203. The first-order valence-electron chi connectivity index (χ1n) is 4.57. The highest BCUT2D eigenvalue weighted by Gasteiger charge is 2.21. The van der Waals surface area contributed by atoms with Gasteiger partial charge < -0.3 is 4.74 Å². The van der Waals surface area contributed by atoms with Gasteiger partial charge in [-0.25, -0.2) is 9.97 Å². The highest BCUT2D eigenvalue weighted by molar-refractivity contribution is 9.10. The van der Waals surface area contributed by atoms with Crippen LogP contribution >= 0.6 is 39.3 Å². The van der Waals surface area contributed by atoms with Crippen LogP contribution in [-0.4, -0.2) is 28.1 Å². The monoisotopic (exact) mass is 308 g/mol. The Kier molecular flexibility index (Phi) is 3.88. The number of hydrogen-bond acceptors (Lipinski definition) is 4. The molecule has 1 fully saturated rings. The van der Waals surface area contributed by atoms with Crippen LogP contribution in [0.3, 0.4) is 0 Å². The number of aromatic nitrogens is 2. The van der Waals surface area contributed by atoms with Crippen LogP contribution < -0.4 is 0 Å². The molecule has 3 nitrogen and oxygen atoms in total. The molecule has 0 N–H and O–H groups in total. The van der Waals surface area contributed by atoms with Gasteiger partial charge in [-0.3, -0.25) is 0 Å². The van der Waals surface area contributed by atoms with Gasteiger partial charge in [0.1, 0.15) is 11.3 Å². The molecule has 0 saturated carbocycles. The summed E-state index contributed by atoms with van der Waals surface area (Å²) in [5, 5.41) is 0.455. The molecule has 0 aromatic carbocycles. The molecule has 15 heavy (non-hydrogen) atoms. The van der Waals surface area contributed by atoms with Crippen molar-refractivity contribution in [3.05, 3.63) is 21.1 Å². The number of halogens is 2. The number of hydrogen-bond donors (Lipinski definition) is 0. The maximum absolute atomic E-state index is 5.98. The first-order chi connectivity index (χ1) is 7.18. The minimum Gasteiger partial charge on any atom is -0.368 e. The third-order valence-corrected chi connectivity index (χ3v) is 4.54. The average molecular weight is 310 g/mol. The lowest BCUT2D eigenvalue weighted by atomic mass is 10.3. The van der Waals surface area contributed by atoms with Crippen LogP contribution in [0, 0.1) is 6.92 Å². The molecule has 82 valence electrons. The summed E-state index contributed by atoms with van der Waals surface area (Å²) in [6, 6.07) is 0. The number of nitrogens with zero attached hydrogens (tertiary/aromatic N) is 2. The van der Waals surface area contributed by atoms with E-state index in [0.717, 1.165) is 28.3 Å². The molecule has 0 bridgehead atoms. The number of aryl methyl sites for hydroxylation is 1. The van der Waals surface area contributed by atoms with E-state index in [1.165, 1.54) is 0 Å². The second-order valence-electron chi connectivity index (χ2n) is 3.21. The van der Waals surface area contributed by atoms with Crippen molar-refractivity contribution in [2.24, 2.45) is 0 Å². The van der Waals surface area contributed by atoms with Gasteiger partial charge in [0.2, 0.25) is 0 Å². The van der Waals surface area contributed by atoms with Crippen molar-refractivity contribution in [3.63, 3.8) is 0 Å². The Labute approximate surface area is 106 Å². The van der Waals surface area contributed by atoms with Crippen LogP contribution in [0.1, 0.15) is 17.6 Å². The molecular weight excluding hydrogens is 300 g/mol. The lowest BCUT2D eigenvalue weighted by Gasteiger charge is -2.21. The van der Waals surface area contributed by atoms with Gasteiger partial charge in [-0.15, -0.1) is 0 Å². The number of thioether (sulfide) groups is 1. The summed E-state index contributed by atoms with van der Waals surface area (Å²) >= 11 is 11.2. The zero-order chi connectivity index (χ0) is 10.8. The predicted octanol–water partition coefficient (Wildman–Crippen LogP) is 3.01. The molecule has 1 aromatic rings. The Balaban J connectivity index is 2.27. The molecular formula is C9H10BrClN2OS. The van der Waals surface area contributed by atoms with Gasteiger partial charge >= 0.3 is 0 Å². The topological polar surface area (TPSA) is 35.0 Å². The molecule has 2 heterocycles. The van der Waals surface area contributed by atoms with Gasteiger partial charge in [0, 0.05) is 11.5 Å². The maximum atomic E-state index is 5.98. The largest absolute Gasteiger partial charge is 0.368 e. The highest BCUT2D eigenvalue weighted by atomic mass is 79.9. The van der Waals surface area contributed by atoms with Crippen molar-refractivity contribution in [3.8, 4) is 0 Å². The molecule has 1 aromatic heterocycles. The predicted molar refractivity (Wildman–Crippen MR) is 65.5 cm³/mol. The zero-order valence-electron chi connectivity index (χ0n) is 8.17. The third kappa shape index (κ3) is 2.64. The van der Waals surface area contributed by atoms with E-state index < -0.39 is 0 Å². The number of rotatable bonds is 1. The van der Waals surface area contributed by atoms with E-state index in [0.29, 0.717) is 11.0 Å². The lowest BCUT2D eigenvalue weighted by Crippen LogP contribution is -2.18. The molecule has 1 unspecified atom stereocenters. The summed E-state index contributed by atoms with van der Waals surface area (Å²) < 4.78 is 6.35. The quantitative estimate of drug-likeness (QED) is 0.747. The Bertz CT molecular complexity index is 348. The Morgan fingerprint density at radius 1 is 1.53 bits per heavy atom. The smallest absolute Gasteiger partial charge is 0.160 e. The van der Waals surface area contributed by atoms with Gasteiger partial charge in [0.05, 0.1) is 16.8 Å². The van der Waals surface area contributed by atoms with Gasteiger partial charge in [-0.05, 0) is 22.9 Å². The van der Waals surface area contributed by atoms with Crippen molar-refractivity contribution >= 4 is 39.3 Å². The summed E-state index contributed by atoms with van der Waals surface area (Å²) in [5.74, 6) is 2.63. The minimum atomic E-state index is -0.0203. The molecule has 0 aliphatic carbocycles. The Morgan fingerprint density at radius 3 is 2.93 bits per heavy atom. The second-order valence-corrected chi connectivity index (χ2v) is 5.51. The van der Waals surface area contributed by atoms with Crippen LogP contribution in [0.15, 0.2) is 4.47 Å². The Hall–Kier alpha value is 0.160. The molecule has 6 heteroatoms. The summed E-state index contributed by atoms with van der Waals surface area (Å²) in [6.45, 7) is 2.66. The molecule has 0 spiro atoms. The second kappa shape index (κ2) is 4.99. The SMILES string of the molecule is Cc1nc(C2CSCCO2)nc(Cl)c1Br. The fourth-order valence-electron chi connectivity index (χ4n) is 1.33. The van der Waals surface area contributed by atoms with Crippen LogP contribution in [0.2, 0.25) is 5.15 Å². The van der Waals surface area contributed by atoms with Crippen LogP contribution in [-0.2, 0) is 4.74 Å². The van der Waals surface area contributed by atoms with Crippen molar-refractivity contribution in [2.75, 3.05) is 18.1 Å². The van der Waals surface area contributed by atoms with E-state index in [2.05, 4.69) is 25.9 Å². The third-order valence-electron chi connectivity index (χ3n) is 2.10. The van der Waals surface area contributed by atoms with Crippen molar-refractivity contribution in [1.82, 2.24) is 9.97 Å². The van der Waals surface area contributed by atoms with E-state index in [1.807, 2.05) is 18.7 Å². The first-order valence-corrected chi connectivity index (χ1v) is 6.90. The van der Waals surface area contributed by atoms with Crippen LogP contribution in [0.25, 0.3) is 0 Å². The van der Waals surface area contributed by atoms with E-state index in [4.69, 9.17) is 16.3 Å². The highest BCUT2D eigenvalue weighted by Crippen LogP contribution is 2.28. The average Bonchev–Trinajstić information content (AvgIpc) is 2.26. The van der Waals surface area contributed by atoms with Gasteiger partial charge in [-0.1, -0.05) is 11.6 Å². The van der Waals surface area contributed by atoms with Crippen molar-refractivity contribution in [1.29, 1.82) is 0 Å². The number of ether oxygens (including phenoxy) is 1. The van der Waals surface area contributed by atoms with Gasteiger partial charge in [0.15, 0.2) is 5.82 Å². The molecule has 1 saturated heterocycles. The fourth-order valence-corrected chi connectivity index (χ4v) is 2.57. The first kappa shape index (κ1) is 11.6. The minimum absolute atomic E-state index is 0.0203. The van der Waals surface area contributed by atoms with Crippen LogP contribution in [0.4, 0.5) is 0 Å². The molecule has 2 rings (SSSR count). The zero-order valence-corrected chi connectivity index (χ0v) is 11.3. The van der Waals surface area contributed by atoms with Gasteiger partial charge in [-0.2, -0.15) is 11.8 Å². The van der Waals surface area contributed by atoms with E-state index >= 15 is 0 Å².